The van der Waals surface area contributed by atoms with Crippen LogP contribution in [0.1, 0.15) is 27.7 Å². The van der Waals surface area contributed by atoms with E-state index < -0.39 is 61.2 Å². The Labute approximate surface area is 143 Å². The average molecular weight is 364 g/mol. The van der Waals surface area contributed by atoms with Gasteiger partial charge in [-0.2, -0.15) is 4.89 Å². The van der Waals surface area contributed by atoms with Gasteiger partial charge in [0, 0.05) is 27.7 Å². The minimum Gasteiger partial charge on any atom is -0.456 e. The highest BCUT2D eigenvalue weighted by Crippen LogP contribution is 2.28. The van der Waals surface area contributed by atoms with Crippen molar-refractivity contribution in [2.45, 2.75) is 58.4 Å². The summed E-state index contributed by atoms with van der Waals surface area (Å²) < 4.78 is 20.2. The summed E-state index contributed by atoms with van der Waals surface area (Å²) in [7, 11) is 0. The molecule has 11 nitrogen and oxygen atoms in total. The fourth-order valence-corrected chi connectivity index (χ4v) is 2.19. The van der Waals surface area contributed by atoms with Crippen molar-refractivity contribution in [1.82, 2.24) is 0 Å². The van der Waals surface area contributed by atoms with Crippen LogP contribution in [-0.4, -0.2) is 66.3 Å². The lowest BCUT2D eigenvalue weighted by Gasteiger charge is -2.42. The third-order valence-electron chi connectivity index (χ3n) is 2.92. The molecule has 0 aromatic carbocycles. The molecule has 0 aromatic heterocycles. The minimum atomic E-state index is -1.70. The molecule has 142 valence electrons. The highest BCUT2D eigenvalue weighted by Gasteiger charge is 2.51. The number of aliphatic hydroxyl groups excluding tert-OH is 1. The number of hydrogen-bond acceptors (Lipinski definition) is 11. The molecule has 0 aromatic rings. The smallest absolute Gasteiger partial charge is 0.339 e. The van der Waals surface area contributed by atoms with Crippen LogP contribution in [0.5, 0.6) is 0 Å². The molecule has 1 aliphatic rings. The molecular formula is C14H20O11. The van der Waals surface area contributed by atoms with Crippen LogP contribution in [0.4, 0.5) is 0 Å². The van der Waals surface area contributed by atoms with Gasteiger partial charge >= 0.3 is 23.9 Å². The fourth-order valence-electron chi connectivity index (χ4n) is 2.19. The molecule has 1 N–H and O–H groups in total. The maximum atomic E-state index is 11.4. The summed E-state index contributed by atoms with van der Waals surface area (Å²) in [5.74, 6) is -3.04. The van der Waals surface area contributed by atoms with Gasteiger partial charge in [0.2, 0.25) is 0 Å². The monoisotopic (exact) mass is 364 g/mol. The second-order valence-corrected chi connectivity index (χ2v) is 5.15. The zero-order valence-corrected chi connectivity index (χ0v) is 14.1. The van der Waals surface area contributed by atoms with E-state index in [2.05, 4.69) is 9.78 Å². The van der Waals surface area contributed by atoms with Crippen LogP contribution in [0.25, 0.3) is 0 Å². The highest BCUT2D eigenvalue weighted by molar-refractivity contribution is 5.68. The first-order valence-corrected chi connectivity index (χ1v) is 7.27. The Morgan fingerprint density at radius 3 is 1.76 bits per heavy atom. The molecule has 1 unspecified atom stereocenters. The minimum absolute atomic E-state index is 0.445. The predicted octanol–water partition coefficient (Wildman–Crippen LogP) is -1.01. The third-order valence-corrected chi connectivity index (χ3v) is 2.92. The molecule has 0 amide bonds. The van der Waals surface area contributed by atoms with Crippen molar-refractivity contribution >= 4 is 23.9 Å². The van der Waals surface area contributed by atoms with E-state index in [4.69, 9.17) is 18.9 Å². The number of rotatable bonds is 6. The third kappa shape index (κ3) is 6.64. The van der Waals surface area contributed by atoms with Crippen molar-refractivity contribution in [3.8, 4) is 0 Å². The predicted molar refractivity (Wildman–Crippen MR) is 75.3 cm³/mol. The van der Waals surface area contributed by atoms with Crippen molar-refractivity contribution < 1.29 is 53.0 Å². The summed E-state index contributed by atoms with van der Waals surface area (Å²) in [6.07, 6.45) is -6.96. The largest absolute Gasteiger partial charge is 0.456 e. The van der Waals surface area contributed by atoms with Crippen molar-refractivity contribution in [2.75, 3.05) is 6.61 Å². The maximum absolute atomic E-state index is 11.4. The molecule has 0 saturated carbocycles. The molecule has 0 aliphatic carbocycles. The maximum Gasteiger partial charge on any atom is 0.339 e. The molecule has 1 aliphatic heterocycles. The molecule has 11 heteroatoms. The molecule has 0 bridgehead atoms. The van der Waals surface area contributed by atoms with Gasteiger partial charge in [-0.25, -0.2) is 4.79 Å². The second-order valence-electron chi connectivity index (χ2n) is 5.15. The quantitative estimate of drug-likeness (QED) is 0.268. The molecule has 1 fully saturated rings. The molecular weight excluding hydrogens is 344 g/mol. The Morgan fingerprint density at radius 1 is 0.800 bits per heavy atom. The van der Waals surface area contributed by atoms with E-state index in [-0.39, 0.29) is 0 Å². The molecule has 25 heavy (non-hydrogen) atoms. The number of aliphatic hydroxyl groups is 1. The van der Waals surface area contributed by atoms with E-state index >= 15 is 0 Å². The van der Waals surface area contributed by atoms with Gasteiger partial charge in [0.05, 0.1) is 0 Å². The van der Waals surface area contributed by atoms with Gasteiger partial charge < -0.3 is 24.1 Å². The van der Waals surface area contributed by atoms with E-state index in [1.165, 1.54) is 0 Å². The second kappa shape index (κ2) is 9.30. The van der Waals surface area contributed by atoms with Gasteiger partial charge in [-0.3, -0.25) is 19.3 Å². The normalized spacial score (nSPS) is 28.6. The van der Waals surface area contributed by atoms with Gasteiger partial charge in [-0.15, -0.1) is 0 Å². The van der Waals surface area contributed by atoms with Gasteiger partial charge in [-0.05, 0) is 0 Å². The number of carbonyl (C=O) groups is 4. The molecule has 0 spiro atoms. The molecule has 5 atom stereocenters. The highest BCUT2D eigenvalue weighted by atomic mass is 17.2. The average Bonchev–Trinajstić information content (AvgIpc) is 2.45. The van der Waals surface area contributed by atoms with Crippen LogP contribution >= 0.6 is 0 Å². The Bertz CT molecular complexity index is 517. The van der Waals surface area contributed by atoms with E-state index in [9.17, 15) is 24.3 Å². The van der Waals surface area contributed by atoms with Crippen molar-refractivity contribution in [3.05, 3.63) is 0 Å². The van der Waals surface area contributed by atoms with Crippen LogP contribution < -0.4 is 0 Å². The lowest BCUT2D eigenvalue weighted by molar-refractivity contribution is -0.330. The zero-order valence-electron chi connectivity index (χ0n) is 14.1. The SMILES string of the molecule is CC(=O)OOC[C@H]1OC(O)[C@H](OC(C)=O)[C@@H](OC(C)=O)[C@@H]1OC(C)=O. The van der Waals surface area contributed by atoms with Crippen LogP contribution in [-0.2, 0) is 47.9 Å². The van der Waals surface area contributed by atoms with E-state index in [1.54, 1.807) is 0 Å². The first kappa shape index (κ1) is 20.8. The standard InChI is InChI=1S/C14H20O11/c1-6(15)21-11-10(5-20-25-9(4)18)24-14(19)13(23-8(3)17)12(11)22-7(2)16/h10-14,19H,5H2,1-4H3/t10-,11-,12+,13-,14?/m1/s1. The summed E-state index contributed by atoms with van der Waals surface area (Å²) in [5, 5.41) is 10.0. The Balaban J connectivity index is 3.04. The zero-order chi connectivity index (χ0) is 19.1. The fraction of sp³-hybridized carbons (Fsp3) is 0.714. The van der Waals surface area contributed by atoms with Gasteiger partial charge in [0.25, 0.3) is 0 Å². The number of hydrogen-bond donors (Lipinski definition) is 1. The van der Waals surface area contributed by atoms with Gasteiger partial charge in [0.1, 0.15) is 12.7 Å². The molecule has 1 rings (SSSR count). The van der Waals surface area contributed by atoms with E-state index in [0.29, 0.717) is 0 Å². The van der Waals surface area contributed by atoms with Crippen molar-refractivity contribution in [3.63, 3.8) is 0 Å². The van der Waals surface area contributed by atoms with Crippen LogP contribution in [0.15, 0.2) is 0 Å². The van der Waals surface area contributed by atoms with Crippen molar-refractivity contribution in [1.29, 1.82) is 0 Å². The van der Waals surface area contributed by atoms with Crippen molar-refractivity contribution in [2.24, 2.45) is 0 Å². The Morgan fingerprint density at radius 2 is 1.28 bits per heavy atom. The summed E-state index contributed by atoms with van der Waals surface area (Å²) in [4.78, 5) is 53.6. The number of carbonyl (C=O) groups excluding carboxylic acids is 4. The lowest BCUT2D eigenvalue weighted by atomic mass is 9.98. The van der Waals surface area contributed by atoms with Crippen LogP contribution in [0.3, 0.4) is 0 Å². The lowest BCUT2D eigenvalue weighted by Crippen LogP contribution is -2.62. The summed E-state index contributed by atoms with van der Waals surface area (Å²) in [5.41, 5.74) is 0. The van der Waals surface area contributed by atoms with E-state index in [1.807, 2.05) is 0 Å². The number of ether oxygens (including phenoxy) is 4. The van der Waals surface area contributed by atoms with Gasteiger partial charge in [0.15, 0.2) is 24.6 Å². The van der Waals surface area contributed by atoms with Gasteiger partial charge in [-0.1, -0.05) is 0 Å². The van der Waals surface area contributed by atoms with Crippen LogP contribution in [0.2, 0.25) is 0 Å². The topological polar surface area (TPSA) is 144 Å². The van der Waals surface area contributed by atoms with E-state index in [0.717, 1.165) is 27.7 Å². The first-order valence-electron chi connectivity index (χ1n) is 7.27. The van der Waals surface area contributed by atoms with Crippen LogP contribution in [0, 0.1) is 0 Å². The summed E-state index contributed by atoms with van der Waals surface area (Å²) in [6, 6.07) is 0. The molecule has 1 heterocycles. The first-order chi connectivity index (χ1) is 11.6. The molecule has 1 saturated heterocycles. The Hall–Kier alpha value is -2.24. The Kier molecular flexibility index (Phi) is 7.74. The summed E-state index contributed by atoms with van der Waals surface area (Å²) in [6.45, 7) is 3.91. The number of esters is 3. The molecule has 0 radical (unpaired) electrons. The summed E-state index contributed by atoms with van der Waals surface area (Å²) >= 11 is 0.